The molecule has 3 aromatic heterocycles. The summed E-state index contributed by atoms with van der Waals surface area (Å²) in [4.78, 5) is 29.2. The van der Waals surface area contributed by atoms with Crippen LogP contribution in [0.1, 0.15) is 31.9 Å². The number of pyridine rings is 2. The number of rotatable bonds is 5. The van der Waals surface area contributed by atoms with Gasteiger partial charge in [0.15, 0.2) is 11.6 Å². The summed E-state index contributed by atoms with van der Waals surface area (Å²) in [6.07, 6.45) is 3.60. The highest BCUT2D eigenvalue weighted by atomic mass is 32.1. The quantitative estimate of drug-likeness (QED) is 0.690. The predicted octanol–water partition coefficient (Wildman–Crippen LogP) is 3.45. The molecule has 4 rings (SSSR count). The van der Waals surface area contributed by atoms with Crippen LogP contribution in [-0.2, 0) is 17.9 Å². The van der Waals surface area contributed by atoms with E-state index in [2.05, 4.69) is 49.5 Å². The topological polar surface area (TPSA) is 87.1 Å². The molecule has 0 fully saturated rings. The first-order valence-electron chi connectivity index (χ1n) is 9.44. The molecule has 8 nitrogen and oxygen atoms in total. The Morgan fingerprint density at radius 3 is 2.83 bits per heavy atom. The number of fused-ring (bicyclic) bond motifs is 1. The molecule has 1 amide bonds. The van der Waals surface area contributed by atoms with Crippen molar-refractivity contribution in [3.63, 3.8) is 0 Å². The van der Waals surface area contributed by atoms with E-state index >= 15 is 0 Å². The van der Waals surface area contributed by atoms with Crippen molar-refractivity contribution in [1.29, 1.82) is 0 Å². The SMILES string of the molecule is CC(=O)N(C)c1cccnc1Nc1nc(-c2cc3c(cn2)CN(C(C)C)C3)ns1. The van der Waals surface area contributed by atoms with Gasteiger partial charge in [-0.25, -0.2) is 4.98 Å². The molecule has 3 aromatic rings. The van der Waals surface area contributed by atoms with E-state index in [1.54, 1.807) is 24.2 Å². The molecule has 0 aromatic carbocycles. The zero-order valence-electron chi connectivity index (χ0n) is 16.9. The number of nitrogens with zero attached hydrogens (tertiary/aromatic N) is 6. The van der Waals surface area contributed by atoms with Crippen LogP contribution in [0, 0.1) is 0 Å². The molecule has 0 saturated carbocycles. The zero-order valence-corrected chi connectivity index (χ0v) is 17.7. The lowest BCUT2D eigenvalue weighted by Crippen LogP contribution is -2.24. The van der Waals surface area contributed by atoms with E-state index in [4.69, 9.17) is 0 Å². The standard InChI is InChI=1S/C20H23N7OS/c1-12(2)27-10-14-8-16(22-9-15(14)11-27)18-23-20(29-25-18)24-19-17(6-5-7-21-19)26(4)13(3)28/h5-9,12H,10-11H2,1-4H3,(H,21,23,24,25). The van der Waals surface area contributed by atoms with E-state index in [-0.39, 0.29) is 5.91 Å². The van der Waals surface area contributed by atoms with Crippen LogP contribution in [0.3, 0.4) is 0 Å². The second kappa shape index (κ2) is 7.84. The van der Waals surface area contributed by atoms with Gasteiger partial charge in [-0.05, 0) is 43.2 Å². The molecule has 0 aliphatic carbocycles. The number of hydrogen-bond donors (Lipinski definition) is 1. The lowest BCUT2D eigenvalue weighted by atomic mass is 10.1. The van der Waals surface area contributed by atoms with Crippen molar-refractivity contribution >= 4 is 34.1 Å². The van der Waals surface area contributed by atoms with Crippen molar-refractivity contribution in [3.05, 3.63) is 41.7 Å². The third kappa shape index (κ3) is 3.96. The number of amides is 1. The largest absolute Gasteiger partial charge is 0.313 e. The van der Waals surface area contributed by atoms with Gasteiger partial charge in [-0.15, -0.1) is 0 Å². The van der Waals surface area contributed by atoms with Gasteiger partial charge >= 0.3 is 0 Å². The first-order chi connectivity index (χ1) is 13.9. The number of hydrogen-bond acceptors (Lipinski definition) is 8. The fourth-order valence-electron chi connectivity index (χ4n) is 3.21. The summed E-state index contributed by atoms with van der Waals surface area (Å²) in [5, 5.41) is 3.78. The summed E-state index contributed by atoms with van der Waals surface area (Å²) in [5.41, 5.74) is 3.99. The highest BCUT2D eigenvalue weighted by Gasteiger charge is 2.23. The van der Waals surface area contributed by atoms with Crippen molar-refractivity contribution in [2.75, 3.05) is 17.3 Å². The number of aromatic nitrogens is 4. The van der Waals surface area contributed by atoms with Gasteiger partial charge in [0.1, 0.15) is 5.69 Å². The minimum Gasteiger partial charge on any atom is -0.313 e. The summed E-state index contributed by atoms with van der Waals surface area (Å²) in [6, 6.07) is 6.21. The maximum atomic E-state index is 11.7. The Labute approximate surface area is 173 Å². The van der Waals surface area contributed by atoms with Crippen LogP contribution in [0.15, 0.2) is 30.6 Å². The Hall–Kier alpha value is -2.91. The van der Waals surface area contributed by atoms with Crippen molar-refractivity contribution < 1.29 is 4.79 Å². The first-order valence-corrected chi connectivity index (χ1v) is 10.2. The van der Waals surface area contributed by atoms with E-state index in [9.17, 15) is 4.79 Å². The lowest BCUT2D eigenvalue weighted by molar-refractivity contribution is -0.116. The minimum absolute atomic E-state index is 0.0724. The third-order valence-electron chi connectivity index (χ3n) is 5.06. The molecule has 0 saturated heterocycles. The summed E-state index contributed by atoms with van der Waals surface area (Å²) in [6.45, 7) is 7.78. The molecule has 0 bridgehead atoms. The second-order valence-corrected chi connectivity index (χ2v) is 8.09. The summed E-state index contributed by atoms with van der Waals surface area (Å²) in [7, 11) is 1.71. The molecular formula is C20H23N7OS. The maximum Gasteiger partial charge on any atom is 0.223 e. The molecule has 4 heterocycles. The number of anilines is 3. The van der Waals surface area contributed by atoms with Gasteiger partial charge in [0.05, 0.1) is 5.69 Å². The zero-order chi connectivity index (χ0) is 20.5. The fourth-order valence-corrected chi connectivity index (χ4v) is 3.79. The summed E-state index contributed by atoms with van der Waals surface area (Å²) >= 11 is 1.24. The fraction of sp³-hybridized carbons (Fsp3) is 0.350. The van der Waals surface area contributed by atoms with Crippen molar-refractivity contribution in [3.8, 4) is 11.5 Å². The first kappa shape index (κ1) is 19.4. The van der Waals surface area contributed by atoms with Crippen LogP contribution in [0.25, 0.3) is 11.5 Å². The Bertz CT molecular complexity index is 1050. The summed E-state index contributed by atoms with van der Waals surface area (Å²) in [5.74, 6) is 1.07. The summed E-state index contributed by atoms with van der Waals surface area (Å²) < 4.78 is 4.46. The van der Waals surface area contributed by atoms with Crippen LogP contribution in [0.2, 0.25) is 0 Å². The molecule has 0 unspecified atom stereocenters. The van der Waals surface area contributed by atoms with Gasteiger partial charge in [-0.3, -0.25) is 14.7 Å². The molecule has 1 aliphatic rings. The Morgan fingerprint density at radius 1 is 1.28 bits per heavy atom. The van der Waals surface area contributed by atoms with Crippen LogP contribution in [0.5, 0.6) is 0 Å². The van der Waals surface area contributed by atoms with Crippen LogP contribution in [0.4, 0.5) is 16.6 Å². The smallest absolute Gasteiger partial charge is 0.223 e. The van der Waals surface area contributed by atoms with Crippen LogP contribution in [-0.4, -0.2) is 43.2 Å². The molecule has 0 spiro atoms. The van der Waals surface area contributed by atoms with Crippen molar-refractivity contribution in [1.82, 2.24) is 24.2 Å². The van der Waals surface area contributed by atoms with Gasteiger partial charge in [0, 0.05) is 57.0 Å². The van der Waals surface area contributed by atoms with Gasteiger partial charge in [0.25, 0.3) is 0 Å². The van der Waals surface area contributed by atoms with Gasteiger partial charge < -0.3 is 10.2 Å². The number of carbonyl (C=O) groups is 1. The normalized spacial score (nSPS) is 13.6. The van der Waals surface area contributed by atoms with Crippen molar-refractivity contribution in [2.45, 2.75) is 39.9 Å². The van der Waals surface area contributed by atoms with Crippen LogP contribution >= 0.6 is 11.5 Å². The van der Waals surface area contributed by atoms with E-state index in [0.717, 1.165) is 18.8 Å². The third-order valence-corrected chi connectivity index (χ3v) is 5.69. The molecule has 1 N–H and O–H groups in total. The van der Waals surface area contributed by atoms with E-state index in [1.807, 2.05) is 12.3 Å². The van der Waals surface area contributed by atoms with E-state index in [0.29, 0.717) is 28.5 Å². The molecule has 0 radical (unpaired) electrons. The van der Waals surface area contributed by atoms with E-state index in [1.165, 1.54) is 29.6 Å². The molecule has 29 heavy (non-hydrogen) atoms. The lowest BCUT2D eigenvalue weighted by Gasteiger charge is -2.18. The Balaban J connectivity index is 1.55. The molecular weight excluding hydrogens is 386 g/mol. The monoisotopic (exact) mass is 409 g/mol. The Morgan fingerprint density at radius 2 is 2.07 bits per heavy atom. The van der Waals surface area contributed by atoms with Gasteiger partial charge in [-0.1, -0.05) is 0 Å². The Kier molecular flexibility index (Phi) is 5.25. The van der Waals surface area contributed by atoms with E-state index < -0.39 is 0 Å². The maximum absolute atomic E-state index is 11.7. The molecule has 150 valence electrons. The molecule has 9 heteroatoms. The predicted molar refractivity (Wildman–Crippen MR) is 114 cm³/mol. The highest BCUT2D eigenvalue weighted by Crippen LogP contribution is 2.30. The molecule has 1 aliphatic heterocycles. The highest BCUT2D eigenvalue weighted by molar-refractivity contribution is 7.09. The van der Waals surface area contributed by atoms with Crippen LogP contribution < -0.4 is 10.2 Å². The van der Waals surface area contributed by atoms with Crippen molar-refractivity contribution in [2.24, 2.45) is 0 Å². The second-order valence-electron chi connectivity index (χ2n) is 7.33. The number of nitrogens with one attached hydrogen (secondary N) is 1. The minimum atomic E-state index is -0.0724. The average Bonchev–Trinajstić information content (AvgIpc) is 3.34. The number of carbonyl (C=O) groups excluding carboxylic acids is 1. The average molecular weight is 410 g/mol. The van der Waals surface area contributed by atoms with Gasteiger partial charge in [0.2, 0.25) is 11.0 Å². The van der Waals surface area contributed by atoms with Gasteiger partial charge in [-0.2, -0.15) is 9.36 Å². The molecule has 0 atom stereocenters.